The van der Waals surface area contributed by atoms with Crippen molar-refractivity contribution in [2.24, 2.45) is 0 Å². The molecule has 1 N–H and O–H groups in total. The van der Waals surface area contributed by atoms with Crippen LogP contribution in [0.5, 0.6) is 0 Å². The second-order valence-electron chi connectivity index (χ2n) is 6.03. The lowest BCUT2D eigenvalue weighted by atomic mass is 10.2. The van der Waals surface area contributed by atoms with E-state index >= 15 is 0 Å². The fraction of sp³-hybridized carbons (Fsp3) is 0.0526. The zero-order valence-electron chi connectivity index (χ0n) is 14.5. The molecule has 140 valence electrons. The van der Waals surface area contributed by atoms with Crippen LogP contribution in [0.25, 0.3) is 16.7 Å². The quantitative estimate of drug-likeness (QED) is 0.539. The molecular formula is C19H14N5O4-. The maximum atomic E-state index is 13.2. The van der Waals surface area contributed by atoms with Gasteiger partial charge in [0.15, 0.2) is 5.65 Å². The molecule has 0 saturated heterocycles. The number of benzene rings is 1. The molecule has 9 nitrogen and oxygen atoms in total. The maximum Gasteiger partial charge on any atom is 0.337 e. The van der Waals surface area contributed by atoms with Gasteiger partial charge in [0.05, 0.1) is 23.3 Å². The van der Waals surface area contributed by atoms with Gasteiger partial charge < -0.3 is 10.4 Å². The molecule has 0 amide bonds. The lowest BCUT2D eigenvalue weighted by Gasteiger charge is -2.22. The van der Waals surface area contributed by atoms with E-state index in [2.05, 4.69) is 9.97 Å². The van der Waals surface area contributed by atoms with Gasteiger partial charge in [-0.1, -0.05) is 6.07 Å². The molecule has 0 atom stereocenters. The van der Waals surface area contributed by atoms with Crippen molar-refractivity contribution in [2.75, 3.05) is 5.23 Å². The van der Waals surface area contributed by atoms with Gasteiger partial charge in [-0.15, -0.1) is 0 Å². The average Bonchev–Trinajstić information content (AvgIpc) is 2.72. The number of hydrogen-bond donors (Lipinski definition) is 1. The molecule has 3 aromatic heterocycles. The molecule has 4 rings (SSSR count). The first-order chi connectivity index (χ1) is 13.6. The van der Waals surface area contributed by atoms with Crippen LogP contribution in [0.2, 0.25) is 0 Å². The molecule has 0 aliphatic rings. The van der Waals surface area contributed by atoms with Crippen molar-refractivity contribution in [3.05, 3.63) is 98.7 Å². The fourth-order valence-electron chi connectivity index (χ4n) is 2.98. The zero-order chi connectivity index (χ0) is 19.7. The van der Waals surface area contributed by atoms with Gasteiger partial charge in [0, 0.05) is 18.6 Å². The summed E-state index contributed by atoms with van der Waals surface area (Å²) < 4.78 is 2.34. The normalized spacial score (nSPS) is 10.9. The molecule has 0 fully saturated rings. The average molecular weight is 376 g/mol. The van der Waals surface area contributed by atoms with Crippen molar-refractivity contribution in [2.45, 2.75) is 6.54 Å². The van der Waals surface area contributed by atoms with Gasteiger partial charge in [-0.2, -0.15) is 0 Å². The van der Waals surface area contributed by atoms with E-state index in [0.717, 1.165) is 10.1 Å². The van der Waals surface area contributed by atoms with Gasteiger partial charge in [0.25, 0.3) is 5.56 Å². The summed E-state index contributed by atoms with van der Waals surface area (Å²) in [5.74, 6) is 0. The van der Waals surface area contributed by atoms with Gasteiger partial charge in [0.1, 0.15) is 0 Å². The summed E-state index contributed by atoms with van der Waals surface area (Å²) >= 11 is 0. The molecule has 1 aromatic carbocycles. The first-order valence-electron chi connectivity index (χ1n) is 8.32. The van der Waals surface area contributed by atoms with Crippen LogP contribution >= 0.6 is 0 Å². The lowest BCUT2D eigenvalue weighted by molar-refractivity contribution is 0.296. The number of pyridine rings is 2. The van der Waals surface area contributed by atoms with Crippen LogP contribution in [0.15, 0.2) is 76.7 Å². The van der Waals surface area contributed by atoms with Crippen molar-refractivity contribution < 1.29 is 5.21 Å². The van der Waals surface area contributed by atoms with E-state index in [1.807, 2.05) is 0 Å². The standard InChI is InChI=1S/C19H14N5O4/c25-18-16-5-2-8-21-17(16)23(14-3-1-4-15(11-14)24(27)28)19(26)22(18)12-13-6-9-20-10-7-13/h1-11,27H,12H2/q-1. The van der Waals surface area contributed by atoms with E-state index in [1.165, 1.54) is 29.0 Å². The van der Waals surface area contributed by atoms with Crippen LogP contribution in [0.1, 0.15) is 5.56 Å². The Morgan fingerprint density at radius 3 is 2.57 bits per heavy atom. The molecule has 0 unspecified atom stereocenters. The minimum absolute atomic E-state index is 0.0540. The Hall–Kier alpha value is -3.82. The molecular weight excluding hydrogens is 362 g/mol. The minimum atomic E-state index is -0.611. The molecule has 0 aliphatic heterocycles. The highest BCUT2D eigenvalue weighted by molar-refractivity contribution is 5.75. The molecule has 0 spiro atoms. The summed E-state index contributed by atoms with van der Waals surface area (Å²) in [4.78, 5) is 34.2. The van der Waals surface area contributed by atoms with Crippen molar-refractivity contribution in [3.63, 3.8) is 0 Å². The van der Waals surface area contributed by atoms with Crippen LogP contribution in [0, 0.1) is 5.21 Å². The first kappa shape index (κ1) is 17.6. The highest BCUT2D eigenvalue weighted by Gasteiger charge is 2.16. The highest BCUT2D eigenvalue weighted by Crippen LogP contribution is 2.18. The van der Waals surface area contributed by atoms with Crippen LogP contribution in [-0.2, 0) is 6.54 Å². The molecule has 3 heterocycles. The molecule has 4 aromatic rings. The summed E-state index contributed by atoms with van der Waals surface area (Å²) in [6, 6.07) is 12.5. The molecule has 0 saturated carbocycles. The van der Waals surface area contributed by atoms with Gasteiger partial charge >= 0.3 is 5.69 Å². The number of fused-ring (bicyclic) bond motifs is 1. The van der Waals surface area contributed by atoms with Crippen molar-refractivity contribution >= 4 is 16.7 Å². The Morgan fingerprint density at radius 1 is 1.04 bits per heavy atom. The van der Waals surface area contributed by atoms with Gasteiger partial charge in [-0.3, -0.25) is 19.6 Å². The fourth-order valence-corrected chi connectivity index (χ4v) is 2.98. The predicted molar refractivity (Wildman–Crippen MR) is 103 cm³/mol. The van der Waals surface area contributed by atoms with Crippen LogP contribution in [0.4, 0.5) is 5.69 Å². The van der Waals surface area contributed by atoms with Crippen molar-refractivity contribution in [1.29, 1.82) is 0 Å². The number of anilines is 1. The van der Waals surface area contributed by atoms with E-state index in [0.29, 0.717) is 5.69 Å². The Balaban J connectivity index is 2.02. The largest absolute Gasteiger partial charge is 0.733 e. The van der Waals surface area contributed by atoms with Gasteiger partial charge in [0.2, 0.25) is 0 Å². The molecule has 28 heavy (non-hydrogen) atoms. The van der Waals surface area contributed by atoms with E-state index in [-0.39, 0.29) is 28.5 Å². The van der Waals surface area contributed by atoms with E-state index < -0.39 is 11.2 Å². The monoisotopic (exact) mass is 376 g/mol. The van der Waals surface area contributed by atoms with Gasteiger partial charge in [-0.05, 0) is 48.0 Å². The summed E-state index contributed by atoms with van der Waals surface area (Å²) in [5, 5.41) is 20.4. The van der Waals surface area contributed by atoms with Crippen LogP contribution in [0.3, 0.4) is 0 Å². The predicted octanol–water partition coefficient (Wildman–Crippen LogP) is 1.68. The second-order valence-corrected chi connectivity index (χ2v) is 6.03. The SMILES string of the molecule is O=c1c2cccnc2n(-c2cccc(N([O-])O)c2)c(=O)n1Cc1ccncc1. The van der Waals surface area contributed by atoms with Crippen LogP contribution < -0.4 is 16.5 Å². The summed E-state index contributed by atoms with van der Waals surface area (Å²) in [5.41, 5.74) is 0.0604. The van der Waals surface area contributed by atoms with E-state index in [1.54, 1.807) is 42.7 Å². The Morgan fingerprint density at radius 2 is 1.82 bits per heavy atom. The third-order valence-corrected chi connectivity index (χ3v) is 4.30. The third kappa shape index (κ3) is 3.04. The highest BCUT2D eigenvalue weighted by atomic mass is 16.8. The number of aromatic nitrogens is 4. The van der Waals surface area contributed by atoms with Crippen molar-refractivity contribution in [1.82, 2.24) is 19.1 Å². The zero-order valence-corrected chi connectivity index (χ0v) is 14.5. The molecule has 0 radical (unpaired) electrons. The third-order valence-electron chi connectivity index (χ3n) is 4.30. The Bertz CT molecular complexity index is 1260. The maximum absolute atomic E-state index is 13.2. The van der Waals surface area contributed by atoms with Crippen LogP contribution in [-0.4, -0.2) is 24.3 Å². The summed E-state index contributed by atoms with van der Waals surface area (Å²) in [6.45, 7) is 0.0540. The first-order valence-corrected chi connectivity index (χ1v) is 8.32. The number of nitrogens with zero attached hydrogens (tertiary/aromatic N) is 5. The smallest absolute Gasteiger partial charge is 0.337 e. The van der Waals surface area contributed by atoms with Gasteiger partial charge in [-0.25, -0.2) is 14.3 Å². The molecule has 0 aliphatic carbocycles. The van der Waals surface area contributed by atoms with Crippen molar-refractivity contribution in [3.8, 4) is 5.69 Å². The second kappa shape index (κ2) is 7.06. The molecule has 9 heteroatoms. The Labute approximate surface area is 157 Å². The van der Waals surface area contributed by atoms with E-state index in [4.69, 9.17) is 0 Å². The minimum Gasteiger partial charge on any atom is -0.733 e. The summed E-state index contributed by atoms with van der Waals surface area (Å²) in [7, 11) is 0. The number of hydrogen-bond acceptors (Lipinski definition) is 7. The number of rotatable bonds is 4. The topological polar surface area (TPSA) is 116 Å². The summed E-state index contributed by atoms with van der Waals surface area (Å²) in [6.07, 6.45) is 4.63. The van der Waals surface area contributed by atoms with E-state index in [9.17, 15) is 20.0 Å². The lowest BCUT2D eigenvalue weighted by Crippen LogP contribution is -2.40. The Kier molecular flexibility index (Phi) is 4.44. The molecule has 0 bridgehead atoms.